The monoisotopic (exact) mass is 840 g/mol. The highest BCUT2D eigenvalue weighted by atomic mass is 15.3. The summed E-state index contributed by atoms with van der Waals surface area (Å²) in [5.41, 5.74) is 17.7. The molecule has 2 aliphatic heterocycles. The number of amidine groups is 1. The summed E-state index contributed by atoms with van der Waals surface area (Å²) in [6.45, 7) is 2.21. The molecule has 3 unspecified atom stereocenters. The summed E-state index contributed by atoms with van der Waals surface area (Å²) in [5, 5.41) is 13.9. The number of aromatic nitrogens is 1. The van der Waals surface area contributed by atoms with Crippen LogP contribution in [-0.2, 0) is 0 Å². The minimum atomic E-state index is -0.303. The lowest BCUT2D eigenvalue weighted by molar-refractivity contribution is 0.409. The van der Waals surface area contributed by atoms with Gasteiger partial charge in [-0.25, -0.2) is 4.99 Å². The Bertz CT molecular complexity index is 3340. The van der Waals surface area contributed by atoms with E-state index in [-0.39, 0.29) is 18.5 Å². The standard InChI is InChI=1S/C59H48N6/c1-39-60-53-31-13-15-33-55(53)64(39)46-25-17-21-42(37-46)41-20-16-22-43(36-41)47-26-8-9-27-48(47)49-28-10-11-30-52(49)59-62-57(40-18-4-2-5-19-40)61-58(63-59)44-34-35-51-50-29-12-14-32-54(50)65(56(51)38-44)45-23-6-3-7-24-45/h2-9,11-27,29-39,57-58,60-61H,10,28H2,1H3,(H,62,63). The number of nitrogens with zero attached hydrogens (tertiary/aromatic N) is 3. The average Bonchev–Trinajstić information content (AvgIpc) is 3.90. The topological polar surface area (TPSA) is 56.6 Å². The van der Waals surface area contributed by atoms with Gasteiger partial charge in [0.05, 0.1) is 22.4 Å². The van der Waals surface area contributed by atoms with Crippen LogP contribution in [0.1, 0.15) is 48.8 Å². The Morgan fingerprint density at radius 2 is 1.23 bits per heavy atom. The van der Waals surface area contributed by atoms with Gasteiger partial charge >= 0.3 is 0 Å². The van der Waals surface area contributed by atoms with Crippen LogP contribution in [0, 0.1) is 0 Å². The maximum atomic E-state index is 5.57. The van der Waals surface area contributed by atoms with E-state index in [0.717, 1.165) is 52.3 Å². The number of rotatable bonds is 8. The summed E-state index contributed by atoms with van der Waals surface area (Å²) in [5.74, 6) is 0.893. The fourth-order valence-electron chi connectivity index (χ4n) is 10.2. The van der Waals surface area contributed by atoms with Crippen molar-refractivity contribution in [3.8, 4) is 27.9 Å². The van der Waals surface area contributed by atoms with Crippen molar-refractivity contribution in [2.75, 3.05) is 10.2 Å². The summed E-state index contributed by atoms with van der Waals surface area (Å²) in [4.78, 5) is 7.96. The first-order valence-corrected chi connectivity index (χ1v) is 22.7. The normalized spacial score (nSPS) is 18.1. The number of benzene rings is 8. The molecule has 0 saturated heterocycles. The highest BCUT2D eigenvalue weighted by Gasteiger charge is 2.30. The molecule has 0 amide bonds. The van der Waals surface area contributed by atoms with Gasteiger partial charge in [-0.05, 0) is 119 Å². The Hall–Kier alpha value is -7.93. The molecule has 1 aromatic heterocycles. The van der Waals surface area contributed by atoms with Crippen LogP contribution in [0.4, 0.5) is 17.1 Å². The lowest BCUT2D eigenvalue weighted by Crippen LogP contribution is -2.45. The number of para-hydroxylation sites is 4. The fraction of sp³-hybridized carbons (Fsp3) is 0.102. The van der Waals surface area contributed by atoms with Crippen LogP contribution in [0.25, 0.3) is 55.3 Å². The maximum Gasteiger partial charge on any atom is 0.132 e. The molecule has 8 aromatic carbocycles. The highest BCUT2D eigenvalue weighted by molar-refractivity contribution is 6.11. The SMILES string of the molecule is CC1Nc2ccccc2N1c1cccc(-c2cccc(-c3ccccc3C3=C(C4=NC(c5ccc6c7ccccc7n(-c7ccccc7)c6c5)NC(c5ccccc5)N4)C=CCC3)c2)c1. The Morgan fingerprint density at radius 3 is 2.11 bits per heavy atom. The van der Waals surface area contributed by atoms with E-state index in [4.69, 9.17) is 4.99 Å². The zero-order valence-corrected chi connectivity index (χ0v) is 36.2. The molecule has 0 radical (unpaired) electrons. The molecule has 12 rings (SSSR count). The molecule has 0 saturated carbocycles. The molecule has 3 N–H and O–H groups in total. The van der Waals surface area contributed by atoms with Gasteiger partial charge in [0.1, 0.15) is 24.3 Å². The maximum absolute atomic E-state index is 5.57. The lowest BCUT2D eigenvalue weighted by atomic mass is 9.85. The van der Waals surface area contributed by atoms with Crippen LogP contribution in [0.15, 0.2) is 223 Å². The van der Waals surface area contributed by atoms with E-state index in [9.17, 15) is 0 Å². The van der Waals surface area contributed by atoms with Crippen molar-refractivity contribution in [3.63, 3.8) is 0 Å². The Labute approximate surface area is 379 Å². The predicted molar refractivity (Wildman–Crippen MR) is 271 cm³/mol. The third-order valence-electron chi connectivity index (χ3n) is 13.2. The van der Waals surface area contributed by atoms with Crippen molar-refractivity contribution in [3.05, 3.63) is 235 Å². The van der Waals surface area contributed by atoms with Gasteiger partial charge in [0.15, 0.2) is 0 Å². The number of hydrogen-bond acceptors (Lipinski definition) is 5. The summed E-state index contributed by atoms with van der Waals surface area (Å²) < 4.78 is 2.38. The minimum Gasteiger partial charge on any atom is -0.363 e. The quantitative estimate of drug-likeness (QED) is 0.143. The van der Waals surface area contributed by atoms with Crippen LogP contribution < -0.4 is 20.9 Å². The number of anilines is 3. The average molecular weight is 841 g/mol. The molecular weight excluding hydrogens is 793 g/mol. The Morgan fingerprint density at radius 1 is 0.538 bits per heavy atom. The van der Waals surface area contributed by atoms with Gasteiger partial charge in [-0.2, -0.15) is 0 Å². The summed E-state index contributed by atoms with van der Waals surface area (Å²) >= 11 is 0. The first-order chi connectivity index (χ1) is 32.1. The van der Waals surface area contributed by atoms with E-state index >= 15 is 0 Å². The predicted octanol–water partition coefficient (Wildman–Crippen LogP) is 14.1. The second kappa shape index (κ2) is 16.3. The van der Waals surface area contributed by atoms with E-state index in [0.29, 0.717) is 0 Å². The van der Waals surface area contributed by atoms with Crippen LogP contribution in [0.3, 0.4) is 0 Å². The molecule has 0 fully saturated rings. The molecular formula is C59H48N6. The van der Waals surface area contributed by atoms with E-state index in [1.165, 1.54) is 61.1 Å². The van der Waals surface area contributed by atoms with E-state index in [1.54, 1.807) is 0 Å². The van der Waals surface area contributed by atoms with Crippen molar-refractivity contribution in [1.29, 1.82) is 0 Å². The molecule has 9 aromatic rings. The van der Waals surface area contributed by atoms with Crippen molar-refractivity contribution in [2.45, 2.75) is 38.3 Å². The second-order valence-electron chi connectivity index (χ2n) is 17.2. The van der Waals surface area contributed by atoms with Crippen LogP contribution in [0.5, 0.6) is 0 Å². The van der Waals surface area contributed by atoms with E-state index < -0.39 is 0 Å². The van der Waals surface area contributed by atoms with Gasteiger partial charge in [-0.1, -0.05) is 158 Å². The number of aliphatic imine (C=N–C) groups is 1. The first kappa shape index (κ1) is 38.7. The second-order valence-corrected chi connectivity index (χ2v) is 17.2. The van der Waals surface area contributed by atoms with Crippen molar-refractivity contribution >= 4 is 50.3 Å². The van der Waals surface area contributed by atoms with Crippen LogP contribution in [-0.4, -0.2) is 16.6 Å². The largest absolute Gasteiger partial charge is 0.363 e. The van der Waals surface area contributed by atoms with E-state index in [1.807, 2.05) is 0 Å². The van der Waals surface area contributed by atoms with Gasteiger partial charge in [0, 0.05) is 27.7 Å². The van der Waals surface area contributed by atoms with Crippen LogP contribution >= 0.6 is 0 Å². The fourth-order valence-corrected chi connectivity index (χ4v) is 10.2. The van der Waals surface area contributed by atoms with Gasteiger partial charge in [0.25, 0.3) is 0 Å². The zero-order chi connectivity index (χ0) is 43.3. The molecule has 0 bridgehead atoms. The third kappa shape index (κ3) is 7.00. The van der Waals surface area contributed by atoms with Crippen molar-refractivity contribution in [1.82, 2.24) is 15.2 Å². The summed E-state index contributed by atoms with van der Waals surface area (Å²) in [6.07, 6.45) is 6.15. The zero-order valence-electron chi connectivity index (χ0n) is 36.2. The molecule has 0 spiro atoms. The van der Waals surface area contributed by atoms with Crippen molar-refractivity contribution < 1.29 is 0 Å². The molecule has 65 heavy (non-hydrogen) atoms. The molecule has 3 aliphatic rings. The first-order valence-electron chi connectivity index (χ1n) is 22.7. The number of nitrogens with one attached hydrogen (secondary N) is 3. The number of hydrogen-bond donors (Lipinski definition) is 3. The smallest absolute Gasteiger partial charge is 0.132 e. The molecule has 6 nitrogen and oxygen atoms in total. The van der Waals surface area contributed by atoms with Gasteiger partial charge in [-0.3, -0.25) is 5.32 Å². The molecule has 1 aliphatic carbocycles. The Kier molecular flexibility index (Phi) is 9.72. The third-order valence-corrected chi connectivity index (χ3v) is 13.2. The highest BCUT2D eigenvalue weighted by Crippen LogP contribution is 2.43. The summed E-state index contributed by atoms with van der Waals surface area (Å²) in [7, 11) is 0. The summed E-state index contributed by atoms with van der Waals surface area (Å²) in [6, 6.07) is 72.3. The molecule has 314 valence electrons. The van der Waals surface area contributed by atoms with Gasteiger partial charge in [0.2, 0.25) is 0 Å². The minimum absolute atomic E-state index is 0.154. The Balaban J connectivity index is 0.949. The number of fused-ring (bicyclic) bond motifs is 4. The van der Waals surface area contributed by atoms with E-state index in [2.05, 4.69) is 245 Å². The molecule has 6 heteroatoms. The van der Waals surface area contributed by atoms with Crippen LogP contribution in [0.2, 0.25) is 0 Å². The molecule has 3 heterocycles. The lowest BCUT2D eigenvalue weighted by Gasteiger charge is -2.33. The van der Waals surface area contributed by atoms with Gasteiger partial charge < -0.3 is 20.1 Å². The van der Waals surface area contributed by atoms with Gasteiger partial charge in [-0.15, -0.1) is 0 Å². The number of allylic oxidation sites excluding steroid dienone is 2. The molecule has 3 atom stereocenters. The van der Waals surface area contributed by atoms with Crippen molar-refractivity contribution in [2.24, 2.45) is 4.99 Å².